The average molecular weight is 273 g/mol. The molecule has 1 aromatic rings. The van der Waals surface area contributed by atoms with Gasteiger partial charge in [0.25, 0.3) is 0 Å². The molecule has 4 fully saturated rings. The molecule has 0 unspecified atom stereocenters. The van der Waals surface area contributed by atoms with E-state index in [1.165, 1.54) is 32.1 Å². The molecule has 4 aliphatic rings. The molecule has 4 bridgehead atoms. The number of nitrogens with zero attached hydrogens (tertiary/aromatic N) is 2. The second-order valence-corrected chi connectivity index (χ2v) is 6.97. The molecule has 4 nitrogen and oxygen atoms in total. The van der Waals surface area contributed by atoms with Crippen molar-refractivity contribution in [1.29, 1.82) is 0 Å². The number of ether oxygens (including phenoxy) is 1. The minimum Gasteiger partial charge on any atom is -0.476 e. The second-order valence-electron chi connectivity index (χ2n) is 6.97. The molecule has 0 radical (unpaired) electrons. The molecule has 0 spiro atoms. The number of hydrogen-bond acceptors (Lipinski definition) is 4. The Kier molecular flexibility index (Phi) is 3.14. The summed E-state index contributed by atoms with van der Waals surface area (Å²) >= 11 is 0. The molecule has 108 valence electrons. The Morgan fingerprint density at radius 2 is 1.70 bits per heavy atom. The van der Waals surface area contributed by atoms with Crippen LogP contribution in [0.2, 0.25) is 0 Å². The van der Waals surface area contributed by atoms with Crippen molar-refractivity contribution in [1.82, 2.24) is 10.2 Å². The second kappa shape index (κ2) is 4.99. The molecule has 5 rings (SSSR count). The van der Waals surface area contributed by atoms with Gasteiger partial charge in [0.05, 0.1) is 12.3 Å². The van der Waals surface area contributed by atoms with Crippen LogP contribution in [0, 0.1) is 29.6 Å². The van der Waals surface area contributed by atoms with Crippen LogP contribution in [0.3, 0.4) is 0 Å². The van der Waals surface area contributed by atoms with Crippen molar-refractivity contribution in [3.8, 4) is 5.88 Å². The highest BCUT2D eigenvalue weighted by Gasteiger charge is 2.48. The van der Waals surface area contributed by atoms with Crippen molar-refractivity contribution in [3.05, 3.63) is 17.8 Å². The van der Waals surface area contributed by atoms with E-state index in [0.29, 0.717) is 12.4 Å². The highest BCUT2D eigenvalue weighted by Crippen LogP contribution is 2.56. The first-order valence-electron chi connectivity index (χ1n) is 7.97. The first kappa shape index (κ1) is 12.6. The maximum Gasteiger partial charge on any atom is 0.233 e. The fourth-order valence-electron chi connectivity index (χ4n) is 5.03. The lowest BCUT2D eigenvalue weighted by Gasteiger charge is -2.54. The van der Waals surface area contributed by atoms with E-state index in [1.54, 1.807) is 0 Å². The Morgan fingerprint density at radius 3 is 2.25 bits per heavy atom. The zero-order valence-electron chi connectivity index (χ0n) is 11.9. The molecular weight excluding hydrogens is 250 g/mol. The van der Waals surface area contributed by atoms with Crippen LogP contribution in [0.4, 0.5) is 0 Å². The van der Waals surface area contributed by atoms with Crippen LogP contribution in [-0.4, -0.2) is 16.8 Å². The van der Waals surface area contributed by atoms with Gasteiger partial charge in [0.2, 0.25) is 5.88 Å². The van der Waals surface area contributed by atoms with Crippen LogP contribution in [-0.2, 0) is 6.54 Å². The van der Waals surface area contributed by atoms with Crippen molar-refractivity contribution >= 4 is 0 Å². The molecule has 1 aromatic heterocycles. The molecule has 1 heterocycles. The van der Waals surface area contributed by atoms with Gasteiger partial charge in [0, 0.05) is 12.6 Å². The minimum atomic E-state index is 0.433. The van der Waals surface area contributed by atoms with Crippen molar-refractivity contribution < 1.29 is 4.74 Å². The lowest BCUT2D eigenvalue weighted by molar-refractivity contribution is -0.0535. The van der Waals surface area contributed by atoms with E-state index in [0.717, 1.165) is 41.9 Å². The van der Waals surface area contributed by atoms with Gasteiger partial charge in [-0.3, -0.25) is 0 Å². The summed E-state index contributed by atoms with van der Waals surface area (Å²) in [6.45, 7) is 1.26. The maximum absolute atomic E-state index is 5.92. The molecule has 2 N–H and O–H groups in total. The Bertz CT molecular complexity index is 445. The number of nitrogens with two attached hydrogens (primary N) is 1. The third kappa shape index (κ3) is 2.20. The summed E-state index contributed by atoms with van der Waals surface area (Å²) in [4.78, 5) is 0. The molecule has 0 amide bonds. The molecule has 4 heteroatoms. The van der Waals surface area contributed by atoms with E-state index in [9.17, 15) is 0 Å². The van der Waals surface area contributed by atoms with Gasteiger partial charge in [-0.2, -0.15) is 5.10 Å². The predicted octanol–water partition coefficient (Wildman–Crippen LogP) is 2.39. The average Bonchev–Trinajstić information content (AvgIpc) is 2.46. The monoisotopic (exact) mass is 273 g/mol. The summed E-state index contributed by atoms with van der Waals surface area (Å²) in [5.41, 5.74) is 6.34. The van der Waals surface area contributed by atoms with Crippen molar-refractivity contribution in [3.63, 3.8) is 0 Å². The van der Waals surface area contributed by atoms with Crippen LogP contribution < -0.4 is 10.5 Å². The first-order valence-corrected chi connectivity index (χ1v) is 7.97. The van der Waals surface area contributed by atoms with Crippen molar-refractivity contribution in [2.75, 3.05) is 6.61 Å². The standard InChI is InChI=1S/C16H23N3O/c17-8-14-1-2-16(19-18-14)20-9-15-12-4-10-3-11(6-12)7-13(15)5-10/h1-2,10-13,15H,3-9,17H2. The predicted molar refractivity (Wildman–Crippen MR) is 76.0 cm³/mol. The van der Waals surface area contributed by atoms with Crippen LogP contribution >= 0.6 is 0 Å². The number of rotatable bonds is 4. The summed E-state index contributed by atoms with van der Waals surface area (Å²) in [7, 11) is 0. The summed E-state index contributed by atoms with van der Waals surface area (Å²) < 4.78 is 5.92. The van der Waals surface area contributed by atoms with Crippen LogP contribution in [0.25, 0.3) is 0 Å². The van der Waals surface area contributed by atoms with Gasteiger partial charge in [-0.25, -0.2) is 0 Å². The smallest absolute Gasteiger partial charge is 0.233 e. The zero-order valence-corrected chi connectivity index (χ0v) is 11.9. The lowest BCUT2D eigenvalue weighted by Crippen LogP contribution is -2.47. The van der Waals surface area contributed by atoms with E-state index >= 15 is 0 Å². The highest BCUT2D eigenvalue weighted by atomic mass is 16.5. The van der Waals surface area contributed by atoms with Gasteiger partial charge in [0.15, 0.2) is 0 Å². The van der Waals surface area contributed by atoms with Gasteiger partial charge >= 0.3 is 0 Å². The third-order valence-corrected chi connectivity index (χ3v) is 5.75. The molecule has 20 heavy (non-hydrogen) atoms. The molecule has 0 atom stereocenters. The van der Waals surface area contributed by atoms with Gasteiger partial charge in [-0.05, 0) is 67.8 Å². The Balaban J connectivity index is 1.39. The third-order valence-electron chi connectivity index (χ3n) is 5.75. The van der Waals surface area contributed by atoms with Crippen LogP contribution in [0.15, 0.2) is 12.1 Å². The van der Waals surface area contributed by atoms with Crippen LogP contribution in [0.1, 0.15) is 37.8 Å². The van der Waals surface area contributed by atoms with E-state index in [4.69, 9.17) is 10.5 Å². The molecule has 4 aliphatic carbocycles. The molecule has 0 aliphatic heterocycles. The van der Waals surface area contributed by atoms with Gasteiger partial charge < -0.3 is 10.5 Å². The van der Waals surface area contributed by atoms with Crippen molar-refractivity contribution in [2.24, 2.45) is 35.3 Å². The molecule has 4 saturated carbocycles. The normalized spacial score (nSPS) is 38.1. The lowest BCUT2D eigenvalue weighted by atomic mass is 9.52. The largest absolute Gasteiger partial charge is 0.476 e. The van der Waals surface area contributed by atoms with E-state index in [2.05, 4.69) is 10.2 Å². The molecule has 0 saturated heterocycles. The van der Waals surface area contributed by atoms with E-state index in [1.807, 2.05) is 12.1 Å². The molecular formula is C16H23N3O. The van der Waals surface area contributed by atoms with Gasteiger partial charge in [-0.1, -0.05) is 0 Å². The quantitative estimate of drug-likeness (QED) is 0.915. The first-order chi connectivity index (χ1) is 9.81. The van der Waals surface area contributed by atoms with E-state index < -0.39 is 0 Å². The number of hydrogen-bond donors (Lipinski definition) is 1. The van der Waals surface area contributed by atoms with Crippen LogP contribution in [0.5, 0.6) is 5.88 Å². The summed E-state index contributed by atoms with van der Waals surface area (Å²) in [5, 5.41) is 8.15. The SMILES string of the molecule is NCc1ccc(OCC2C3CC4CC(C3)CC2C4)nn1. The van der Waals surface area contributed by atoms with Crippen molar-refractivity contribution in [2.45, 2.75) is 38.6 Å². The maximum atomic E-state index is 5.92. The van der Waals surface area contributed by atoms with E-state index in [-0.39, 0.29) is 0 Å². The fraction of sp³-hybridized carbons (Fsp3) is 0.750. The summed E-state index contributed by atoms with van der Waals surface area (Å²) in [6, 6.07) is 3.80. The Morgan fingerprint density at radius 1 is 1.00 bits per heavy atom. The number of aromatic nitrogens is 2. The minimum absolute atomic E-state index is 0.433. The zero-order chi connectivity index (χ0) is 13.5. The summed E-state index contributed by atoms with van der Waals surface area (Å²) in [5.74, 6) is 5.26. The topological polar surface area (TPSA) is 61.0 Å². The Labute approximate surface area is 120 Å². The fourth-order valence-corrected chi connectivity index (χ4v) is 5.03. The molecule has 0 aromatic carbocycles. The highest BCUT2D eigenvalue weighted by molar-refractivity contribution is 5.11. The summed E-state index contributed by atoms with van der Waals surface area (Å²) in [6.07, 6.45) is 7.28. The van der Waals surface area contributed by atoms with Gasteiger partial charge in [0.1, 0.15) is 0 Å². The Hall–Kier alpha value is -1.16. The van der Waals surface area contributed by atoms with Gasteiger partial charge in [-0.15, -0.1) is 5.10 Å².